The molecule has 2 heterocycles. The van der Waals surface area contributed by atoms with Crippen LogP contribution in [0.5, 0.6) is 0 Å². The number of aryl methyl sites for hydroxylation is 1. The second-order valence-electron chi connectivity index (χ2n) is 6.82. The molecule has 1 aliphatic heterocycles. The number of benzene rings is 2. The molecule has 0 N–H and O–H groups in total. The lowest BCUT2D eigenvalue weighted by atomic mass is 9.93. The van der Waals surface area contributed by atoms with Gasteiger partial charge in [0.15, 0.2) is 0 Å². The Morgan fingerprint density at radius 3 is 2.86 bits per heavy atom. The molecule has 0 aliphatic carbocycles. The highest BCUT2D eigenvalue weighted by molar-refractivity contribution is 7.09. The maximum atomic E-state index is 14.5. The fourth-order valence-corrected chi connectivity index (χ4v) is 4.07. The number of rotatable bonds is 1. The van der Waals surface area contributed by atoms with E-state index >= 15 is 0 Å². The van der Waals surface area contributed by atoms with Gasteiger partial charge in [-0.2, -0.15) is 0 Å². The van der Waals surface area contributed by atoms with Crippen molar-refractivity contribution in [2.45, 2.75) is 26.3 Å². The second kappa shape index (κ2) is 7.57. The molecule has 2 aromatic carbocycles. The molecular weight excluding hydrogens is 371 g/mol. The number of nitrogens with zero attached hydrogens (tertiary/aromatic N) is 2. The summed E-state index contributed by atoms with van der Waals surface area (Å²) in [5, 5.41) is 2.82. The molecule has 0 fully saturated rings. The van der Waals surface area contributed by atoms with Gasteiger partial charge in [0, 0.05) is 17.5 Å². The molecule has 140 valence electrons. The van der Waals surface area contributed by atoms with Gasteiger partial charge in [-0.3, -0.25) is 4.79 Å². The van der Waals surface area contributed by atoms with Crippen molar-refractivity contribution in [2.75, 3.05) is 6.54 Å². The van der Waals surface area contributed by atoms with Crippen LogP contribution in [-0.4, -0.2) is 22.3 Å². The topological polar surface area (TPSA) is 33.2 Å². The van der Waals surface area contributed by atoms with Crippen LogP contribution >= 0.6 is 11.3 Å². The normalized spacial score (nSPS) is 15.5. The molecule has 1 amide bonds. The van der Waals surface area contributed by atoms with Crippen LogP contribution in [0.2, 0.25) is 0 Å². The summed E-state index contributed by atoms with van der Waals surface area (Å²) in [7, 11) is 0. The third-order valence-electron chi connectivity index (χ3n) is 5.01. The Balaban J connectivity index is 1.62. The maximum Gasteiger partial charge on any atom is 0.257 e. The lowest BCUT2D eigenvalue weighted by molar-refractivity contribution is 0.0673. The van der Waals surface area contributed by atoms with E-state index < -0.39 is 5.82 Å². The van der Waals surface area contributed by atoms with Gasteiger partial charge in [-0.1, -0.05) is 30.2 Å². The molecule has 3 aromatic rings. The minimum Gasteiger partial charge on any atom is -0.331 e. The molecule has 0 saturated carbocycles. The average molecular weight is 390 g/mol. The van der Waals surface area contributed by atoms with Crippen LogP contribution in [0.1, 0.15) is 50.7 Å². The SMILES string of the molecule is Cc1nc(C#Cc2ccc(F)c(C(=O)N3CCc4ccccc4C3C)c2)cs1. The van der Waals surface area contributed by atoms with Gasteiger partial charge in [0.25, 0.3) is 5.91 Å². The Morgan fingerprint density at radius 2 is 2.07 bits per heavy atom. The van der Waals surface area contributed by atoms with Crippen LogP contribution in [-0.2, 0) is 6.42 Å². The number of carbonyl (C=O) groups is 1. The number of aromatic nitrogens is 1. The number of carbonyl (C=O) groups excluding carboxylic acids is 1. The van der Waals surface area contributed by atoms with Gasteiger partial charge in [0.2, 0.25) is 0 Å². The van der Waals surface area contributed by atoms with Gasteiger partial charge in [0.05, 0.1) is 16.6 Å². The van der Waals surface area contributed by atoms with Crippen molar-refractivity contribution >= 4 is 17.2 Å². The summed E-state index contributed by atoms with van der Waals surface area (Å²) in [5.74, 6) is 5.13. The monoisotopic (exact) mass is 390 g/mol. The maximum absolute atomic E-state index is 14.5. The molecule has 5 heteroatoms. The number of fused-ring (bicyclic) bond motifs is 1. The van der Waals surface area contributed by atoms with E-state index in [9.17, 15) is 9.18 Å². The first kappa shape index (κ1) is 18.4. The molecule has 1 aromatic heterocycles. The van der Waals surface area contributed by atoms with Crippen molar-refractivity contribution in [3.05, 3.63) is 86.6 Å². The molecular formula is C23H19FN2OS. The summed E-state index contributed by atoms with van der Waals surface area (Å²) >= 11 is 1.53. The first-order valence-electron chi connectivity index (χ1n) is 9.15. The molecule has 0 radical (unpaired) electrons. The van der Waals surface area contributed by atoms with Gasteiger partial charge in [-0.05, 0) is 55.5 Å². The minimum atomic E-state index is -0.522. The lowest BCUT2D eigenvalue weighted by Gasteiger charge is -2.35. The van der Waals surface area contributed by atoms with Crippen LogP contribution in [0.15, 0.2) is 47.8 Å². The smallest absolute Gasteiger partial charge is 0.257 e. The highest BCUT2D eigenvalue weighted by Gasteiger charge is 2.29. The summed E-state index contributed by atoms with van der Waals surface area (Å²) in [6.45, 7) is 4.48. The molecule has 1 aliphatic rings. The third kappa shape index (κ3) is 3.56. The van der Waals surface area contributed by atoms with E-state index in [1.54, 1.807) is 11.0 Å². The van der Waals surface area contributed by atoms with Gasteiger partial charge in [-0.25, -0.2) is 9.37 Å². The Morgan fingerprint density at radius 1 is 1.25 bits per heavy atom. The van der Waals surface area contributed by atoms with Crippen molar-refractivity contribution in [3.8, 4) is 11.8 Å². The van der Waals surface area contributed by atoms with Crippen LogP contribution in [0.4, 0.5) is 4.39 Å². The van der Waals surface area contributed by atoms with Crippen molar-refractivity contribution in [1.82, 2.24) is 9.88 Å². The number of amides is 1. The predicted molar refractivity (Wildman–Crippen MR) is 109 cm³/mol. The molecule has 0 spiro atoms. The molecule has 0 saturated heterocycles. The summed E-state index contributed by atoms with van der Waals surface area (Å²) in [5.41, 5.74) is 3.71. The quantitative estimate of drug-likeness (QED) is 0.562. The van der Waals surface area contributed by atoms with E-state index in [0.29, 0.717) is 17.8 Å². The standard InChI is InChI=1S/C23H19FN2OS/c1-15-20-6-4-3-5-18(20)11-12-26(15)23(27)21-13-17(8-10-22(21)24)7-9-19-14-28-16(2)25-19/h3-6,8,10,13-15H,11-12H2,1-2H3. The Labute approximate surface area is 167 Å². The molecule has 1 atom stereocenters. The van der Waals surface area contributed by atoms with E-state index in [0.717, 1.165) is 17.0 Å². The fourth-order valence-electron chi connectivity index (χ4n) is 3.53. The Kier molecular flexibility index (Phi) is 4.97. The minimum absolute atomic E-state index is 0.0625. The first-order chi connectivity index (χ1) is 13.5. The number of hydrogen-bond donors (Lipinski definition) is 0. The Hall–Kier alpha value is -2.97. The first-order valence-corrected chi connectivity index (χ1v) is 10.0. The molecule has 4 rings (SSSR count). The zero-order chi connectivity index (χ0) is 19.7. The van der Waals surface area contributed by atoms with E-state index in [-0.39, 0.29) is 17.5 Å². The zero-order valence-electron chi connectivity index (χ0n) is 15.7. The van der Waals surface area contributed by atoms with Gasteiger partial charge < -0.3 is 4.90 Å². The molecule has 0 bridgehead atoms. The Bertz CT molecular complexity index is 1110. The van der Waals surface area contributed by atoms with Crippen molar-refractivity contribution in [2.24, 2.45) is 0 Å². The van der Waals surface area contributed by atoms with Crippen LogP contribution in [0.3, 0.4) is 0 Å². The van der Waals surface area contributed by atoms with Gasteiger partial charge in [-0.15, -0.1) is 11.3 Å². The number of thiazole rings is 1. The molecule has 1 unspecified atom stereocenters. The molecule has 3 nitrogen and oxygen atoms in total. The highest BCUT2D eigenvalue weighted by atomic mass is 32.1. The van der Waals surface area contributed by atoms with E-state index in [4.69, 9.17) is 0 Å². The zero-order valence-corrected chi connectivity index (χ0v) is 16.5. The summed E-state index contributed by atoms with van der Waals surface area (Å²) in [4.78, 5) is 19.1. The highest BCUT2D eigenvalue weighted by Crippen LogP contribution is 2.30. The van der Waals surface area contributed by atoms with E-state index in [1.165, 1.54) is 29.0 Å². The summed E-state index contributed by atoms with van der Waals surface area (Å²) in [6, 6.07) is 12.5. The van der Waals surface area contributed by atoms with Crippen molar-refractivity contribution in [1.29, 1.82) is 0 Å². The second-order valence-corrected chi connectivity index (χ2v) is 7.88. The van der Waals surface area contributed by atoms with Crippen molar-refractivity contribution < 1.29 is 9.18 Å². The van der Waals surface area contributed by atoms with Crippen molar-refractivity contribution in [3.63, 3.8) is 0 Å². The summed E-state index contributed by atoms with van der Waals surface area (Å²) in [6.07, 6.45) is 0.774. The van der Waals surface area contributed by atoms with Crippen LogP contribution in [0.25, 0.3) is 0 Å². The van der Waals surface area contributed by atoms with Gasteiger partial charge in [0.1, 0.15) is 11.5 Å². The third-order valence-corrected chi connectivity index (χ3v) is 5.78. The number of halogens is 1. The predicted octanol–water partition coefficient (Wildman–Crippen LogP) is 4.75. The summed E-state index contributed by atoms with van der Waals surface area (Å²) < 4.78 is 14.5. The fraction of sp³-hybridized carbons (Fsp3) is 0.217. The van der Waals surface area contributed by atoms with E-state index in [2.05, 4.69) is 22.9 Å². The number of hydrogen-bond acceptors (Lipinski definition) is 3. The largest absolute Gasteiger partial charge is 0.331 e. The molecule has 28 heavy (non-hydrogen) atoms. The average Bonchev–Trinajstić information content (AvgIpc) is 3.12. The van der Waals surface area contributed by atoms with E-state index in [1.807, 2.05) is 37.4 Å². The van der Waals surface area contributed by atoms with Crippen LogP contribution < -0.4 is 0 Å². The van der Waals surface area contributed by atoms with Gasteiger partial charge >= 0.3 is 0 Å². The lowest BCUT2D eigenvalue weighted by Crippen LogP contribution is -2.39. The van der Waals surface area contributed by atoms with Crippen LogP contribution in [0, 0.1) is 24.6 Å².